The summed E-state index contributed by atoms with van der Waals surface area (Å²) in [6.07, 6.45) is 1.01. The number of hydrogen-bond acceptors (Lipinski definition) is 6. The summed E-state index contributed by atoms with van der Waals surface area (Å²) >= 11 is 0. The maximum atomic E-state index is 8.86. The minimum Gasteiger partial charge on any atom is -0.351 e. The van der Waals surface area contributed by atoms with E-state index in [-0.39, 0.29) is 0 Å². The van der Waals surface area contributed by atoms with Crippen molar-refractivity contribution in [3.8, 4) is 6.07 Å². The van der Waals surface area contributed by atoms with Crippen LogP contribution >= 0.6 is 0 Å². The van der Waals surface area contributed by atoms with E-state index in [1.165, 1.54) is 4.63 Å². The first-order valence-corrected chi connectivity index (χ1v) is 7.09. The molecule has 3 aromatic rings. The van der Waals surface area contributed by atoms with Crippen molar-refractivity contribution in [2.45, 2.75) is 19.9 Å². The molecule has 0 spiro atoms. The van der Waals surface area contributed by atoms with E-state index in [0.717, 1.165) is 30.9 Å². The van der Waals surface area contributed by atoms with Gasteiger partial charge in [0, 0.05) is 13.1 Å². The van der Waals surface area contributed by atoms with Gasteiger partial charge < -0.3 is 4.90 Å². The van der Waals surface area contributed by atoms with Crippen LogP contribution in [0.1, 0.15) is 24.5 Å². The maximum absolute atomic E-state index is 8.86. The van der Waals surface area contributed by atoms with Gasteiger partial charge in [-0.1, -0.05) is 19.1 Å². The minimum absolute atomic E-state index is 0.624. The third-order valence-corrected chi connectivity index (χ3v) is 3.33. The van der Waals surface area contributed by atoms with Crippen molar-refractivity contribution in [2.75, 3.05) is 11.4 Å². The average molecular weight is 293 g/mol. The van der Waals surface area contributed by atoms with Crippen molar-refractivity contribution < 1.29 is 0 Å². The number of benzene rings is 1. The van der Waals surface area contributed by atoms with Gasteiger partial charge in [-0.05, 0) is 46.7 Å². The summed E-state index contributed by atoms with van der Waals surface area (Å²) < 4.78 is 1.43. The van der Waals surface area contributed by atoms with E-state index in [9.17, 15) is 0 Å². The van der Waals surface area contributed by atoms with Gasteiger partial charge >= 0.3 is 0 Å². The molecule has 1 aromatic carbocycles. The van der Waals surface area contributed by atoms with E-state index in [1.54, 1.807) is 0 Å². The zero-order valence-electron chi connectivity index (χ0n) is 12.2. The van der Waals surface area contributed by atoms with E-state index in [1.807, 2.05) is 36.4 Å². The third-order valence-electron chi connectivity index (χ3n) is 3.33. The van der Waals surface area contributed by atoms with Crippen LogP contribution in [-0.2, 0) is 6.54 Å². The van der Waals surface area contributed by atoms with Gasteiger partial charge in [0.1, 0.15) is 0 Å². The van der Waals surface area contributed by atoms with Crippen molar-refractivity contribution in [1.29, 1.82) is 5.26 Å². The third kappa shape index (κ3) is 2.86. The first-order chi connectivity index (χ1) is 10.8. The Morgan fingerprint density at radius 3 is 2.73 bits per heavy atom. The van der Waals surface area contributed by atoms with Gasteiger partial charge in [0.2, 0.25) is 0 Å². The van der Waals surface area contributed by atoms with Crippen LogP contribution in [0.2, 0.25) is 0 Å². The molecule has 0 fully saturated rings. The number of hydrogen-bond donors (Lipinski definition) is 0. The van der Waals surface area contributed by atoms with Crippen LogP contribution in [0.25, 0.3) is 5.65 Å². The Morgan fingerprint density at radius 2 is 2.00 bits per heavy atom. The second-order valence-corrected chi connectivity index (χ2v) is 4.95. The molecule has 0 atom stereocenters. The molecule has 7 nitrogen and oxygen atoms in total. The molecule has 2 aromatic heterocycles. The van der Waals surface area contributed by atoms with Gasteiger partial charge in [0.05, 0.1) is 11.6 Å². The Labute approximate surface area is 127 Å². The van der Waals surface area contributed by atoms with Crippen molar-refractivity contribution in [2.24, 2.45) is 0 Å². The van der Waals surface area contributed by atoms with Gasteiger partial charge in [-0.2, -0.15) is 5.26 Å². The van der Waals surface area contributed by atoms with E-state index >= 15 is 0 Å². The van der Waals surface area contributed by atoms with Gasteiger partial charge in [-0.3, -0.25) is 0 Å². The van der Waals surface area contributed by atoms with Crippen LogP contribution in [-0.4, -0.2) is 31.8 Å². The van der Waals surface area contributed by atoms with Gasteiger partial charge in [0.25, 0.3) is 0 Å². The molecule has 0 saturated carbocycles. The number of nitriles is 1. The Bertz CT molecular complexity index is 801. The topological polar surface area (TPSA) is 83.0 Å². The van der Waals surface area contributed by atoms with E-state index in [0.29, 0.717) is 11.2 Å². The number of rotatable bonds is 5. The average Bonchev–Trinajstić information content (AvgIpc) is 3.02. The number of fused-ring (bicyclic) bond motifs is 1. The second kappa shape index (κ2) is 6.18. The second-order valence-electron chi connectivity index (χ2n) is 4.95. The van der Waals surface area contributed by atoms with Crippen LogP contribution in [0.5, 0.6) is 0 Å². The highest BCUT2D eigenvalue weighted by atomic mass is 15.6. The summed E-state index contributed by atoms with van der Waals surface area (Å²) in [6.45, 7) is 3.72. The Morgan fingerprint density at radius 1 is 1.18 bits per heavy atom. The minimum atomic E-state index is 0.624. The van der Waals surface area contributed by atoms with Crippen LogP contribution < -0.4 is 4.90 Å². The predicted molar refractivity (Wildman–Crippen MR) is 81.1 cm³/mol. The molecule has 0 aliphatic rings. The largest absolute Gasteiger partial charge is 0.351 e. The smallest absolute Gasteiger partial charge is 0.200 e. The van der Waals surface area contributed by atoms with Gasteiger partial charge in [-0.25, -0.2) is 0 Å². The standard InChI is InChI=1S/C15H15N7/c1-2-9-21(11-13-5-3-12(10-16)4-6-13)15-8-7-14-17-19-20-22(14)18-15/h3-8H,2,9,11H2,1H3. The SMILES string of the molecule is CCCN(Cc1ccc(C#N)cc1)c1ccc2nnnn2n1. The molecule has 0 aliphatic heterocycles. The molecule has 7 heteroatoms. The lowest BCUT2D eigenvalue weighted by Crippen LogP contribution is -2.25. The summed E-state index contributed by atoms with van der Waals surface area (Å²) in [5.74, 6) is 0.825. The fraction of sp³-hybridized carbons (Fsp3) is 0.267. The summed E-state index contributed by atoms with van der Waals surface area (Å²) in [6, 6.07) is 13.5. The lowest BCUT2D eigenvalue weighted by molar-refractivity contribution is 0.694. The molecule has 22 heavy (non-hydrogen) atoms. The monoisotopic (exact) mass is 293 g/mol. The fourth-order valence-electron chi connectivity index (χ4n) is 2.26. The molecule has 3 rings (SSSR count). The molecule has 0 aliphatic carbocycles. The summed E-state index contributed by atoms with van der Waals surface area (Å²) in [5.41, 5.74) is 2.42. The van der Waals surface area contributed by atoms with Gasteiger partial charge in [0.15, 0.2) is 11.5 Å². The zero-order chi connectivity index (χ0) is 15.4. The highest BCUT2D eigenvalue weighted by Crippen LogP contribution is 2.15. The lowest BCUT2D eigenvalue weighted by atomic mass is 10.1. The number of tetrazole rings is 1. The molecule has 0 saturated heterocycles. The predicted octanol–water partition coefficient (Wildman–Crippen LogP) is 1.81. The molecular formula is C15H15N7. The number of nitrogens with zero attached hydrogens (tertiary/aromatic N) is 7. The van der Waals surface area contributed by atoms with Crippen LogP contribution in [0.15, 0.2) is 36.4 Å². The lowest BCUT2D eigenvalue weighted by Gasteiger charge is -2.22. The Balaban J connectivity index is 1.86. The maximum Gasteiger partial charge on any atom is 0.200 e. The Hall–Kier alpha value is -3.01. The van der Waals surface area contributed by atoms with Crippen molar-refractivity contribution in [3.05, 3.63) is 47.5 Å². The molecule has 0 unspecified atom stereocenters. The molecule has 0 bridgehead atoms. The summed E-state index contributed by atoms with van der Waals surface area (Å²) in [5, 5.41) is 24.6. The number of anilines is 1. The van der Waals surface area contributed by atoms with Crippen molar-refractivity contribution in [1.82, 2.24) is 25.3 Å². The first-order valence-electron chi connectivity index (χ1n) is 7.09. The van der Waals surface area contributed by atoms with E-state index in [4.69, 9.17) is 5.26 Å². The molecule has 110 valence electrons. The molecule has 0 amide bonds. The quantitative estimate of drug-likeness (QED) is 0.713. The molecule has 0 radical (unpaired) electrons. The van der Waals surface area contributed by atoms with E-state index in [2.05, 4.69) is 38.5 Å². The van der Waals surface area contributed by atoms with Gasteiger partial charge in [-0.15, -0.1) is 14.8 Å². The number of aromatic nitrogens is 5. The molecular weight excluding hydrogens is 278 g/mol. The first kappa shape index (κ1) is 13.9. The highest BCUT2D eigenvalue weighted by molar-refractivity contribution is 5.45. The Kier molecular flexibility index (Phi) is 3.92. The molecule has 2 heterocycles. The summed E-state index contributed by atoms with van der Waals surface area (Å²) in [7, 11) is 0. The van der Waals surface area contributed by atoms with Crippen LogP contribution in [0.4, 0.5) is 5.82 Å². The highest BCUT2D eigenvalue weighted by Gasteiger charge is 2.10. The van der Waals surface area contributed by atoms with Crippen molar-refractivity contribution in [3.63, 3.8) is 0 Å². The zero-order valence-corrected chi connectivity index (χ0v) is 12.2. The summed E-state index contributed by atoms with van der Waals surface area (Å²) in [4.78, 5) is 2.17. The van der Waals surface area contributed by atoms with E-state index < -0.39 is 0 Å². The van der Waals surface area contributed by atoms with Crippen LogP contribution in [0, 0.1) is 11.3 Å². The normalized spacial score (nSPS) is 10.5. The van der Waals surface area contributed by atoms with Crippen LogP contribution in [0.3, 0.4) is 0 Å². The van der Waals surface area contributed by atoms with Crippen molar-refractivity contribution >= 4 is 11.5 Å². The molecule has 0 N–H and O–H groups in total. The fourth-order valence-corrected chi connectivity index (χ4v) is 2.26.